The van der Waals surface area contributed by atoms with Gasteiger partial charge in [0.2, 0.25) is 5.96 Å². The van der Waals surface area contributed by atoms with Crippen LogP contribution in [0.5, 0.6) is 11.5 Å². The van der Waals surface area contributed by atoms with E-state index in [0.29, 0.717) is 5.75 Å². The lowest BCUT2D eigenvalue weighted by Crippen LogP contribution is -2.21. The molecule has 0 aliphatic carbocycles. The molecule has 6 heteroatoms. The molecule has 0 spiro atoms. The Kier molecular flexibility index (Phi) is 4.33. The number of methoxy groups -OCH3 is 2. The van der Waals surface area contributed by atoms with Gasteiger partial charge in [-0.05, 0) is 24.6 Å². The average molecular weight is 236 g/mol. The van der Waals surface area contributed by atoms with Crippen LogP contribution >= 0.6 is 0 Å². The lowest BCUT2D eigenvalue weighted by Gasteiger charge is -2.09. The Morgan fingerprint density at radius 2 is 1.82 bits per heavy atom. The van der Waals surface area contributed by atoms with Gasteiger partial charge in [-0.25, -0.2) is 0 Å². The van der Waals surface area contributed by atoms with Crippen LogP contribution < -0.4 is 20.9 Å². The highest BCUT2D eigenvalue weighted by Crippen LogP contribution is 2.26. The summed E-state index contributed by atoms with van der Waals surface area (Å²) in [4.78, 5) is 0. The van der Waals surface area contributed by atoms with E-state index in [-0.39, 0.29) is 5.96 Å². The van der Waals surface area contributed by atoms with Crippen molar-refractivity contribution in [1.29, 1.82) is 0 Å². The van der Waals surface area contributed by atoms with Crippen molar-refractivity contribution in [1.82, 2.24) is 0 Å². The van der Waals surface area contributed by atoms with Gasteiger partial charge in [-0.1, -0.05) is 0 Å². The van der Waals surface area contributed by atoms with E-state index in [2.05, 4.69) is 10.2 Å². The normalized spacial score (nSPS) is 10.3. The van der Waals surface area contributed by atoms with Gasteiger partial charge in [0, 0.05) is 5.56 Å². The highest BCUT2D eigenvalue weighted by Gasteiger charge is 2.06. The maximum Gasteiger partial charge on any atom is 0.211 e. The van der Waals surface area contributed by atoms with Crippen LogP contribution in [0.25, 0.3) is 0 Å². The first-order chi connectivity index (χ1) is 8.08. The Hall–Kier alpha value is -2.24. The number of aryl methyl sites for hydroxylation is 1. The van der Waals surface area contributed by atoms with Gasteiger partial charge in [-0.2, -0.15) is 5.10 Å². The molecule has 0 bridgehead atoms. The van der Waals surface area contributed by atoms with Gasteiger partial charge in [-0.15, -0.1) is 5.10 Å². The maximum absolute atomic E-state index is 5.23. The van der Waals surface area contributed by atoms with E-state index >= 15 is 0 Å². The predicted molar refractivity (Wildman–Crippen MR) is 67.7 cm³/mol. The molecule has 0 atom stereocenters. The number of guanidine groups is 1. The zero-order valence-corrected chi connectivity index (χ0v) is 10.1. The quantitative estimate of drug-likeness (QED) is 0.455. The molecule has 1 rings (SSSR count). The molecule has 1 aromatic carbocycles. The topological polar surface area (TPSA) is 95.2 Å². The minimum absolute atomic E-state index is 0.0979. The van der Waals surface area contributed by atoms with Crippen molar-refractivity contribution in [3.05, 3.63) is 23.3 Å². The highest BCUT2D eigenvalue weighted by atomic mass is 16.5. The summed E-state index contributed by atoms with van der Waals surface area (Å²) in [6.45, 7) is 1.93. The summed E-state index contributed by atoms with van der Waals surface area (Å²) in [5.74, 6) is 1.33. The minimum Gasteiger partial charge on any atom is -0.496 e. The van der Waals surface area contributed by atoms with Crippen LogP contribution in [0.15, 0.2) is 22.3 Å². The Morgan fingerprint density at radius 3 is 2.35 bits per heavy atom. The summed E-state index contributed by atoms with van der Waals surface area (Å²) in [5, 5.41) is 7.25. The smallest absolute Gasteiger partial charge is 0.211 e. The molecule has 0 heterocycles. The van der Waals surface area contributed by atoms with E-state index in [1.165, 1.54) is 6.21 Å². The number of nitrogens with zero attached hydrogens (tertiary/aromatic N) is 2. The van der Waals surface area contributed by atoms with Gasteiger partial charge < -0.3 is 20.9 Å². The van der Waals surface area contributed by atoms with Crippen molar-refractivity contribution in [3.63, 3.8) is 0 Å². The molecule has 0 aliphatic rings. The molecular formula is C11H16N4O2. The molecule has 0 aromatic heterocycles. The molecule has 0 fully saturated rings. The molecule has 0 unspecified atom stereocenters. The number of hydrogen-bond acceptors (Lipinski definition) is 4. The third-order valence-electron chi connectivity index (χ3n) is 2.12. The van der Waals surface area contributed by atoms with Gasteiger partial charge >= 0.3 is 0 Å². The number of hydrogen-bond donors (Lipinski definition) is 2. The fourth-order valence-electron chi connectivity index (χ4n) is 1.33. The molecule has 17 heavy (non-hydrogen) atoms. The van der Waals surface area contributed by atoms with E-state index in [4.69, 9.17) is 20.9 Å². The molecular weight excluding hydrogens is 220 g/mol. The lowest BCUT2D eigenvalue weighted by atomic mass is 10.1. The van der Waals surface area contributed by atoms with Crippen molar-refractivity contribution >= 4 is 12.2 Å². The number of rotatable bonds is 4. The zero-order valence-electron chi connectivity index (χ0n) is 10.1. The molecule has 0 radical (unpaired) electrons. The summed E-state index contributed by atoms with van der Waals surface area (Å²) in [6.07, 6.45) is 1.50. The first-order valence-corrected chi connectivity index (χ1v) is 4.93. The van der Waals surface area contributed by atoms with Crippen LogP contribution in [0.1, 0.15) is 11.1 Å². The van der Waals surface area contributed by atoms with Crippen LogP contribution in [0.4, 0.5) is 0 Å². The fraction of sp³-hybridized carbons (Fsp3) is 0.273. The van der Waals surface area contributed by atoms with Crippen molar-refractivity contribution in [2.45, 2.75) is 6.92 Å². The lowest BCUT2D eigenvalue weighted by molar-refractivity contribution is 0.400. The van der Waals surface area contributed by atoms with E-state index < -0.39 is 0 Å². The molecule has 4 N–H and O–H groups in total. The largest absolute Gasteiger partial charge is 0.496 e. The Bertz CT molecular complexity index is 451. The standard InChI is InChI=1S/C11H16N4O2/c1-7-4-10(17-3)8(5-9(7)16-2)6-14-15-11(12)13/h4-6H,1-3H3,(H4,12,13,15). The van der Waals surface area contributed by atoms with Crippen LogP contribution in [-0.2, 0) is 0 Å². The van der Waals surface area contributed by atoms with Crippen LogP contribution in [-0.4, -0.2) is 26.4 Å². The van der Waals surface area contributed by atoms with Gasteiger partial charge in [0.1, 0.15) is 11.5 Å². The molecule has 92 valence electrons. The molecule has 0 aliphatic heterocycles. The number of ether oxygens (including phenoxy) is 2. The minimum atomic E-state index is -0.0979. The zero-order chi connectivity index (χ0) is 12.8. The molecule has 6 nitrogen and oxygen atoms in total. The third kappa shape index (κ3) is 3.37. The molecule has 1 aromatic rings. The van der Waals surface area contributed by atoms with Crippen LogP contribution in [0, 0.1) is 6.92 Å². The SMILES string of the molecule is COc1cc(C=NN=C(N)N)c(OC)cc1C. The van der Waals surface area contributed by atoms with Gasteiger partial charge in [0.15, 0.2) is 0 Å². The van der Waals surface area contributed by atoms with Crippen molar-refractivity contribution < 1.29 is 9.47 Å². The van der Waals surface area contributed by atoms with Gasteiger partial charge in [0.25, 0.3) is 0 Å². The average Bonchev–Trinajstić information content (AvgIpc) is 2.30. The second-order valence-corrected chi connectivity index (χ2v) is 3.33. The summed E-state index contributed by atoms with van der Waals surface area (Å²) < 4.78 is 10.4. The molecule has 0 amide bonds. The van der Waals surface area contributed by atoms with Gasteiger partial charge in [-0.3, -0.25) is 0 Å². The van der Waals surface area contributed by atoms with E-state index in [9.17, 15) is 0 Å². The third-order valence-corrected chi connectivity index (χ3v) is 2.12. The monoisotopic (exact) mass is 236 g/mol. The van der Waals surface area contributed by atoms with Crippen molar-refractivity contribution in [2.24, 2.45) is 21.7 Å². The Balaban J connectivity index is 3.12. The van der Waals surface area contributed by atoms with E-state index in [0.717, 1.165) is 16.9 Å². The van der Waals surface area contributed by atoms with Crippen LogP contribution in [0.2, 0.25) is 0 Å². The fourth-order valence-corrected chi connectivity index (χ4v) is 1.33. The summed E-state index contributed by atoms with van der Waals surface area (Å²) in [5.41, 5.74) is 12.0. The summed E-state index contributed by atoms with van der Waals surface area (Å²) in [7, 11) is 3.19. The number of benzene rings is 1. The first kappa shape index (κ1) is 12.8. The van der Waals surface area contributed by atoms with Crippen molar-refractivity contribution in [3.8, 4) is 11.5 Å². The second kappa shape index (κ2) is 5.74. The van der Waals surface area contributed by atoms with Crippen molar-refractivity contribution in [2.75, 3.05) is 14.2 Å². The van der Waals surface area contributed by atoms with Crippen LogP contribution in [0.3, 0.4) is 0 Å². The van der Waals surface area contributed by atoms with E-state index in [1.54, 1.807) is 20.3 Å². The van der Waals surface area contributed by atoms with E-state index in [1.807, 2.05) is 13.0 Å². The van der Waals surface area contributed by atoms with Gasteiger partial charge in [0.05, 0.1) is 20.4 Å². The highest BCUT2D eigenvalue weighted by molar-refractivity contribution is 5.85. The molecule has 0 saturated carbocycles. The Morgan fingerprint density at radius 1 is 1.18 bits per heavy atom. The Labute approximate surface area is 99.9 Å². The molecule has 0 saturated heterocycles. The summed E-state index contributed by atoms with van der Waals surface area (Å²) >= 11 is 0. The summed E-state index contributed by atoms with van der Waals surface area (Å²) in [6, 6.07) is 3.66. The second-order valence-electron chi connectivity index (χ2n) is 3.33. The maximum atomic E-state index is 5.23. The first-order valence-electron chi connectivity index (χ1n) is 4.93. The predicted octanol–water partition coefficient (Wildman–Crippen LogP) is 0.620. The number of nitrogens with two attached hydrogens (primary N) is 2.